The van der Waals surface area contributed by atoms with Crippen LogP contribution in [0.25, 0.3) is 0 Å². The molecule has 1 aliphatic carbocycles. The molecule has 0 spiro atoms. The highest BCUT2D eigenvalue weighted by Crippen LogP contribution is 2.34. The van der Waals surface area contributed by atoms with Crippen molar-refractivity contribution in [3.8, 4) is 0 Å². The fraction of sp³-hybridized carbons (Fsp3) is 1.00. The first-order valence-electron chi connectivity index (χ1n) is 2.49. The average molecular weight is 158 g/mol. The van der Waals surface area contributed by atoms with Gasteiger partial charge in [0, 0.05) is 6.04 Å². The number of hydrogen-bond donors (Lipinski definition) is 1. The number of halogens is 2. The SMILES string of the molecule is CC1C(C)C1N.Cl.Cl. The molecule has 52 valence electrons. The van der Waals surface area contributed by atoms with Crippen molar-refractivity contribution in [2.24, 2.45) is 17.6 Å². The molecule has 8 heavy (non-hydrogen) atoms. The summed E-state index contributed by atoms with van der Waals surface area (Å²) in [7, 11) is 0. The van der Waals surface area contributed by atoms with E-state index in [1.165, 1.54) is 0 Å². The second-order valence-electron chi connectivity index (χ2n) is 2.30. The van der Waals surface area contributed by atoms with E-state index in [2.05, 4.69) is 13.8 Å². The summed E-state index contributed by atoms with van der Waals surface area (Å²) in [4.78, 5) is 0. The zero-order chi connectivity index (χ0) is 4.73. The van der Waals surface area contributed by atoms with E-state index < -0.39 is 0 Å². The van der Waals surface area contributed by atoms with Crippen molar-refractivity contribution >= 4 is 24.8 Å². The second kappa shape index (κ2) is 3.54. The van der Waals surface area contributed by atoms with Gasteiger partial charge in [-0.3, -0.25) is 0 Å². The van der Waals surface area contributed by atoms with Crippen LogP contribution in [0.15, 0.2) is 0 Å². The Morgan fingerprint density at radius 3 is 1.12 bits per heavy atom. The van der Waals surface area contributed by atoms with Crippen molar-refractivity contribution in [1.82, 2.24) is 0 Å². The van der Waals surface area contributed by atoms with Crippen LogP contribution in [-0.4, -0.2) is 6.04 Å². The van der Waals surface area contributed by atoms with Crippen molar-refractivity contribution in [2.45, 2.75) is 19.9 Å². The Hall–Kier alpha value is 0.540. The predicted molar refractivity (Wildman–Crippen MR) is 40.8 cm³/mol. The number of rotatable bonds is 0. The van der Waals surface area contributed by atoms with Crippen LogP contribution >= 0.6 is 24.8 Å². The summed E-state index contributed by atoms with van der Waals surface area (Å²) in [6.45, 7) is 4.38. The summed E-state index contributed by atoms with van der Waals surface area (Å²) in [5.41, 5.74) is 5.51. The maximum absolute atomic E-state index is 5.51. The van der Waals surface area contributed by atoms with Crippen LogP contribution in [-0.2, 0) is 0 Å². The van der Waals surface area contributed by atoms with E-state index in [4.69, 9.17) is 5.73 Å². The van der Waals surface area contributed by atoms with E-state index in [0.29, 0.717) is 6.04 Å². The highest BCUT2D eigenvalue weighted by Gasteiger charge is 2.38. The Balaban J connectivity index is 0. The van der Waals surface area contributed by atoms with Gasteiger partial charge in [-0.25, -0.2) is 0 Å². The summed E-state index contributed by atoms with van der Waals surface area (Å²) in [6.07, 6.45) is 0. The third-order valence-electron chi connectivity index (χ3n) is 1.90. The van der Waals surface area contributed by atoms with Gasteiger partial charge in [0.25, 0.3) is 0 Å². The van der Waals surface area contributed by atoms with Crippen LogP contribution in [0.2, 0.25) is 0 Å². The first-order valence-corrected chi connectivity index (χ1v) is 2.49. The van der Waals surface area contributed by atoms with Gasteiger partial charge in [-0.05, 0) is 11.8 Å². The maximum Gasteiger partial charge on any atom is 0.00966 e. The standard InChI is InChI=1S/C5H11N.2ClH/c1-3-4(2)5(3)6;;/h3-5H,6H2,1-2H3;2*1H. The molecule has 0 amide bonds. The normalized spacial score (nSPS) is 41.6. The zero-order valence-corrected chi connectivity index (χ0v) is 6.76. The molecule has 0 aromatic carbocycles. The first kappa shape index (κ1) is 11.4. The largest absolute Gasteiger partial charge is 0.327 e. The Morgan fingerprint density at radius 2 is 1.12 bits per heavy atom. The third kappa shape index (κ3) is 1.81. The summed E-state index contributed by atoms with van der Waals surface area (Å²) in [6, 6.07) is 0.519. The lowest BCUT2D eigenvalue weighted by Crippen LogP contribution is -2.01. The van der Waals surface area contributed by atoms with Gasteiger partial charge >= 0.3 is 0 Å². The lowest BCUT2D eigenvalue weighted by Gasteiger charge is -1.69. The molecule has 0 aromatic heterocycles. The summed E-state index contributed by atoms with van der Waals surface area (Å²) in [5, 5.41) is 0. The Labute approximate surface area is 62.8 Å². The van der Waals surface area contributed by atoms with Crippen molar-refractivity contribution in [3.05, 3.63) is 0 Å². The first-order chi connectivity index (χ1) is 2.73. The molecule has 1 saturated carbocycles. The van der Waals surface area contributed by atoms with Crippen LogP contribution in [0.1, 0.15) is 13.8 Å². The molecule has 2 atom stereocenters. The van der Waals surface area contributed by atoms with E-state index in [1.54, 1.807) is 0 Å². The molecule has 0 bridgehead atoms. The maximum atomic E-state index is 5.51. The summed E-state index contributed by atoms with van der Waals surface area (Å²) >= 11 is 0. The van der Waals surface area contributed by atoms with Gasteiger partial charge in [-0.2, -0.15) is 0 Å². The highest BCUT2D eigenvalue weighted by molar-refractivity contribution is 5.85. The molecule has 1 nitrogen and oxygen atoms in total. The smallest absolute Gasteiger partial charge is 0.00966 e. The number of nitrogens with two attached hydrogens (primary N) is 1. The average Bonchev–Trinajstić information content (AvgIpc) is 1.94. The molecule has 3 heteroatoms. The van der Waals surface area contributed by atoms with Gasteiger partial charge in [0.2, 0.25) is 0 Å². The molecule has 1 rings (SSSR count). The van der Waals surface area contributed by atoms with Crippen LogP contribution in [0.5, 0.6) is 0 Å². The summed E-state index contributed by atoms with van der Waals surface area (Å²) < 4.78 is 0. The van der Waals surface area contributed by atoms with E-state index in [0.717, 1.165) is 11.8 Å². The van der Waals surface area contributed by atoms with Crippen molar-refractivity contribution in [2.75, 3.05) is 0 Å². The molecule has 2 unspecified atom stereocenters. The fourth-order valence-electron chi connectivity index (χ4n) is 0.701. The molecule has 0 radical (unpaired) electrons. The lowest BCUT2D eigenvalue weighted by atomic mass is 10.4. The van der Waals surface area contributed by atoms with Gasteiger partial charge in [0.15, 0.2) is 0 Å². The highest BCUT2D eigenvalue weighted by atomic mass is 35.5. The quantitative estimate of drug-likeness (QED) is 0.567. The monoisotopic (exact) mass is 157 g/mol. The van der Waals surface area contributed by atoms with E-state index in [9.17, 15) is 0 Å². The molecule has 1 aliphatic rings. The van der Waals surface area contributed by atoms with E-state index in [1.807, 2.05) is 0 Å². The van der Waals surface area contributed by atoms with Crippen LogP contribution in [0.3, 0.4) is 0 Å². The molecule has 2 N–H and O–H groups in total. The molecule has 0 saturated heterocycles. The lowest BCUT2D eigenvalue weighted by molar-refractivity contribution is 0.834. The predicted octanol–water partition coefficient (Wildman–Crippen LogP) is 1.44. The molecule has 0 aliphatic heterocycles. The fourth-order valence-corrected chi connectivity index (χ4v) is 0.701. The number of hydrogen-bond acceptors (Lipinski definition) is 1. The van der Waals surface area contributed by atoms with Crippen LogP contribution < -0.4 is 5.73 Å². The van der Waals surface area contributed by atoms with Crippen molar-refractivity contribution < 1.29 is 0 Å². The second-order valence-corrected chi connectivity index (χ2v) is 2.30. The van der Waals surface area contributed by atoms with Gasteiger partial charge in [0.05, 0.1) is 0 Å². The Kier molecular flexibility index (Phi) is 5.03. The summed E-state index contributed by atoms with van der Waals surface area (Å²) in [5.74, 6) is 1.59. The Morgan fingerprint density at radius 1 is 1.00 bits per heavy atom. The van der Waals surface area contributed by atoms with Gasteiger partial charge in [0.1, 0.15) is 0 Å². The molecule has 0 heterocycles. The minimum absolute atomic E-state index is 0. The van der Waals surface area contributed by atoms with Gasteiger partial charge < -0.3 is 5.73 Å². The topological polar surface area (TPSA) is 26.0 Å². The molecule has 1 fully saturated rings. The van der Waals surface area contributed by atoms with Crippen LogP contribution in [0.4, 0.5) is 0 Å². The minimum atomic E-state index is 0. The third-order valence-corrected chi connectivity index (χ3v) is 1.90. The molecular formula is C5H13Cl2N. The van der Waals surface area contributed by atoms with Crippen LogP contribution in [0, 0.1) is 11.8 Å². The van der Waals surface area contributed by atoms with E-state index >= 15 is 0 Å². The Bertz CT molecular complexity index is 47.2. The zero-order valence-electron chi connectivity index (χ0n) is 5.13. The van der Waals surface area contributed by atoms with Crippen molar-refractivity contribution in [3.63, 3.8) is 0 Å². The van der Waals surface area contributed by atoms with E-state index in [-0.39, 0.29) is 24.8 Å². The minimum Gasteiger partial charge on any atom is -0.327 e. The van der Waals surface area contributed by atoms with Gasteiger partial charge in [-0.15, -0.1) is 24.8 Å². The van der Waals surface area contributed by atoms with Crippen molar-refractivity contribution in [1.29, 1.82) is 0 Å². The molecular weight excluding hydrogens is 145 g/mol. The molecule has 0 aromatic rings. The van der Waals surface area contributed by atoms with Gasteiger partial charge in [-0.1, -0.05) is 13.8 Å².